The highest BCUT2D eigenvalue weighted by atomic mass is 16.3. The largest absolute Gasteiger partial charge is 0.455 e. The van der Waals surface area contributed by atoms with Crippen LogP contribution in [0.3, 0.4) is 0 Å². The van der Waals surface area contributed by atoms with Gasteiger partial charge in [-0.05, 0) is 118 Å². The number of benzene rings is 11. The molecule has 0 radical (unpaired) electrons. The van der Waals surface area contributed by atoms with Crippen LogP contribution < -0.4 is 0 Å². The zero-order valence-electron chi connectivity index (χ0n) is 29.9. The van der Waals surface area contributed by atoms with E-state index in [1.54, 1.807) is 0 Å². The molecule has 1 aromatic heterocycles. The molecule has 0 atom stereocenters. The third kappa shape index (κ3) is 4.48. The van der Waals surface area contributed by atoms with E-state index < -0.39 is 0 Å². The molecule has 0 fully saturated rings. The Kier molecular flexibility index (Phi) is 6.40. The van der Waals surface area contributed by atoms with Crippen molar-refractivity contribution in [2.45, 2.75) is 0 Å². The molecule has 0 unspecified atom stereocenters. The quantitative estimate of drug-likeness (QED) is 0.132. The van der Waals surface area contributed by atoms with E-state index in [4.69, 9.17) is 4.42 Å². The van der Waals surface area contributed by atoms with E-state index in [9.17, 15) is 0 Å². The van der Waals surface area contributed by atoms with Crippen molar-refractivity contribution in [1.29, 1.82) is 0 Å². The third-order valence-corrected chi connectivity index (χ3v) is 11.8. The normalized spacial score (nSPS) is 12.0. The van der Waals surface area contributed by atoms with Crippen LogP contribution in [-0.2, 0) is 0 Å². The maximum atomic E-state index is 6.82. The molecule has 1 heterocycles. The van der Waals surface area contributed by atoms with Gasteiger partial charge in [-0.3, -0.25) is 0 Å². The lowest BCUT2D eigenvalue weighted by molar-refractivity contribution is 0.676. The maximum absolute atomic E-state index is 6.82. The molecule has 0 aliphatic carbocycles. The fourth-order valence-electron chi connectivity index (χ4n) is 9.30. The Morgan fingerprint density at radius 3 is 1.44 bits per heavy atom. The van der Waals surface area contributed by atoms with Crippen molar-refractivity contribution in [2.24, 2.45) is 0 Å². The first-order valence-corrected chi connectivity index (χ1v) is 19.0. The minimum Gasteiger partial charge on any atom is -0.455 e. The van der Waals surface area contributed by atoms with Crippen molar-refractivity contribution in [3.63, 3.8) is 0 Å². The van der Waals surface area contributed by atoms with E-state index in [2.05, 4.69) is 194 Å². The molecule has 12 rings (SSSR count). The minimum absolute atomic E-state index is 0.953. The first kappa shape index (κ1) is 30.3. The summed E-state index contributed by atoms with van der Waals surface area (Å²) in [6.07, 6.45) is 0. The maximum Gasteiger partial charge on any atom is 0.143 e. The Hall–Kier alpha value is -7.22. The number of furan rings is 1. The smallest absolute Gasteiger partial charge is 0.143 e. The Bertz CT molecular complexity index is 3480. The SMILES string of the molecule is c1ccc(-c2c3ccccc3c(-c3ccc4cc(-c5ccc6c(c5)c5ccccc5c5c7ccc8ccccc8c7oc65)ccc4c3)c3ccccc23)cc1. The van der Waals surface area contributed by atoms with E-state index in [0.29, 0.717) is 0 Å². The summed E-state index contributed by atoms with van der Waals surface area (Å²) in [5, 5.41) is 17.0. The summed E-state index contributed by atoms with van der Waals surface area (Å²) in [4.78, 5) is 0. The van der Waals surface area contributed by atoms with Crippen molar-refractivity contribution in [3.8, 4) is 33.4 Å². The molecule has 55 heavy (non-hydrogen) atoms. The molecule has 1 heteroatoms. The molecule has 0 bridgehead atoms. The molecule has 0 amide bonds. The fraction of sp³-hybridized carbons (Fsp3) is 0. The topological polar surface area (TPSA) is 13.1 Å². The van der Waals surface area contributed by atoms with Crippen LogP contribution in [0.15, 0.2) is 199 Å². The number of rotatable bonds is 3. The molecule has 12 aromatic rings. The van der Waals surface area contributed by atoms with Crippen LogP contribution in [-0.4, -0.2) is 0 Å². The molecule has 254 valence electrons. The second kappa shape index (κ2) is 11.6. The minimum atomic E-state index is 0.953. The Balaban J connectivity index is 1.02. The van der Waals surface area contributed by atoms with Crippen molar-refractivity contribution in [3.05, 3.63) is 194 Å². The van der Waals surface area contributed by atoms with Crippen LogP contribution in [0.2, 0.25) is 0 Å². The van der Waals surface area contributed by atoms with Crippen molar-refractivity contribution < 1.29 is 4.42 Å². The predicted molar refractivity (Wildman–Crippen MR) is 235 cm³/mol. The van der Waals surface area contributed by atoms with E-state index in [1.807, 2.05) is 0 Å². The van der Waals surface area contributed by atoms with Crippen LogP contribution in [0.5, 0.6) is 0 Å². The highest BCUT2D eigenvalue weighted by Crippen LogP contribution is 2.46. The molecule has 0 saturated carbocycles. The summed E-state index contributed by atoms with van der Waals surface area (Å²) >= 11 is 0. The second-order valence-electron chi connectivity index (χ2n) is 14.8. The molecule has 0 N–H and O–H groups in total. The molecule has 1 nitrogen and oxygen atoms in total. The van der Waals surface area contributed by atoms with Crippen LogP contribution in [0.1, 0.15) is 0 Å². The Morgan fingerprint density at radius 2 is 0.727 bits per heavy atom. The van der Waals surface area contributed by atoms with Crippen molar-refractivity contribution in [1.82, 2.24) is 0 Å². The molecule has 0 spiro atoms. The number of fused-ring (bicyclic) bond motifs is 13. The lowest BCUT2D eigenvalue weighted by atomic mass is 9.85. The zero-order valence-corrected chi connectivity index (χ0v) is 29.9. The first-order valence-electron chi connectivity index (χ1n) is 19.0. The van der Waals surface area contributed by atoms with Gasteiger partial charge >= 0.3 is 0 Å². The lowest BCUT2D eigenvalue weighted by Gasteiger charge is -2.18. The van der Waals surface area contributed by atoms with Gasteiger partial charge in [-0.15, -0.1) is 0 Å². The van der Waals surface area contributed by atoms with E-state index in [0.717, 1.165) is 27.3 Å². The van der Waals surface area contributed by atoms with Crippen molar-refractivity contribution >= 4 is 86.6 Å². The number of hydrogen-bond acceptors (Lipinski definition) is 1. The molecular weight excluding hydrogens is 665 g/mol. The standard InChI is InChI=1S/C54H32O/c1-2-13-34(14-3-1)50-43-18-8-10-20-45(43)51(46-21-11-9-19-44(46)50)39-25-24-35-30-36(22-23-37(35)31-39)38-27-28-47-49(32-38)41-16-6-7-17-42(41)52-48-29-26-33-12-4-5-15-40(33)53(48)55-54(47)52/h1-32H. The van der Waals surface area contributed by atoms with Gasteiger partial charge in [0.1, 0.15) is 11.2 Å². The monoisotopic (exact) mass is 696 g/mol. The average molecular weight is 697 g/mol. The van der Waals surface area contributed by atoms with Gasteiger partial charge < -0.3 is 4.42 Å². The molecule has 0 aliphatic rings. The zero-order chi connectivity index (χ0) is 36.0. The summed E-state index contributed by atoms with van der Waals surface area (Å²) in [6, 6.07) is 71.0. The van der Waals surface area contributed by atoms with Gasteiger partial charge in [0.15, 0.2) is 0 Å². The van der Waals surface area contributed by atoms with Crippen molar-refractivity contribution in [2.75, 3.05) is 0 Å². The van der Waals surface area contributed by atoms with Gasteiger partial charge in [0.2, 0.25) is 0 Å². The van der Waals surface area contributed by atoms with E-state index >= 15 is 0 Å². The lowest BCUT2D eigenvalue weighted by Crippen LogP contribution is -1.90. The summed E-state index contributed by atoms with van der Waals surface area (Å²) in [7, 11) is 0. The Morgan fingerprint density at radius 1 is 0.236 bits per heavy atom. The van der Waals surface area contributed by atoms with Crippen LogP contribution in [0.4, 0.5) is 0 Å². The van der Waals surface area contributed by atoms with Crippen LogP contribution in [0, 0.1) is 0 Å². The van der Waals surface area contributed by atoms with Gasteiger partial charge in [-0.25, -0.2) is 0 Å². The van der Waals surface area contributed by atoms with Crippen LogP contribution >= 0.6 is 0 Å². The highest BCUT2D eigenvalue weighted by molar-refractivity contribution is 6.32. The summed E-state index contributed by atoms with van der Waals surface area (Å²) in [6.45, 7) is 0. The second-order valence-corrected chi connectivity index (χ2v) is 14.8. The molecule has 0 saturated heterocycles. The summed E-state index contributed by atoms with van der Waals surface area (Å²) in [5.41, 5.74) is 9.34. The van der Waals surface area contributed by atoms with E-state index in [-0.39, 0.29) is 0 Å². The molecular formula is C54H32O. The summed E-state index contributed by atoms with van der Waals surface area (Å²) < 4.78 is 6.82. The van der Waals surface area contributed by atoms with Gasteiger partial charge in [-0.2, -0.15) is 0 Å². The fourth-order valence-corrected chi connectivity index (χ4v) is 9.30. The molecule has 0 aliphatic heterocycles. The number of hydrogen-bond donors (Lipinski definition) is 0. The van der Waals surface area contributed by atoms with Gasteiger partial charge in [0.25, 0.3) is 0 Å². The molecule has 11 aromatic carbocycles. The van der Waals surface area contributed by atoms with Crippen LogP contribution in [0.25, 0.3) is 120 Å². The average Bonchev–Trinajstić information content (AvgIpc) is 3.66. The van der Waals surface area contributed by atoms with Gasteiger partial charge in [0.05, 0.1) is 0 Å². The highest BCUT2D eigenvalue weighted by Gasteiger charge is 2.19. The van der Waals surface area contributed by atoms with Gasteiger partial charge in [-0.1, -0.05) is 164 Å². The summed E-state index contributed by atoms with van der Waals surface area (Å²) in [5.74, 6) is 0. The Labute approximate surface area is 317 Å². The van der Waals surface area contributed by atoms with Gasteiger partial charge in [0, 0.05) is 21.5 Å². The third-order valence-electron chi connectivity index (χ3n) is 11.8. The first-order chi connectivity index (χ1) is 27.3. The predicted octanol–water partition coefficient (Wildman–Crippen LogP) is 15.5. The van der Waals surface area contributed by atoms with E-state index in [1.165, 1.54) is 92.6 Å².